The predicted octanol–water partition coefficient (Wildman–Crippen LogP) is 3.77. The molecule has 0 bridgehead atoms. The molecule has 27 heavy (non-hydrogen) atoms. The average molecular weight is 378 g/mol. The Morgan fingerprint density at radius 3 is 2.78 bits per heavy atom. The smallest absolute Gasteiger partial charge is 0.267 e. The minimum Gasteiger partial charge on any atom is -0.267 e. The number of aromatic nitrogens is 5. The second kappa shape index (κ2) is 6.88. The summed E-state index contributed by atoms with van der Waals surface area (Å²) in [7, 11) is 0. The van der Waals surface area contributed by atoms with Crippen LogP contribution >= 0.6 is 11.3 Å². The lowest BCUT2D eigenvalue weighted by molar-refractivity contribution is 0.101. The molecule has 1 N–H and O–H groups in total. The van der Waals surface area contributed by atoms with Crippen molar-refractivity contribution in [3.63, 3.8) is 0 Å². The molecule has 4 aromatic rings. The fourth-order valence-corrected chi connectivity index (χ4v) is 3.53. The van der Waals surface area contributed by atoms with E-state index in [-0.39, 0.29) is 5.91 Å². The average Bonchev–Trinajstić information content (AvgIpc) is 3.30. The normalized spacial score (nSPS) is 11.3. The van der Waals surface area contributed by atoms with Crippen molar-refractivity contribution in [3.05, 3.63) is 59.3 Å². The Morgan fingerprint density at radius 2 is 2.07 bits per heavy atom. The Hall–Kier alpha value is -3.13. The number of carbonyl (C=O) groups excluding carboxylic acids is 1. The monoisotopic (exact) mass is 378 g/mol. The van der Waals surface area contributed by atoms with Crippen LogP contribution in [0.25, 0.3) is 21.7 Å². The van der Waals surface area contributed by atoms with Gasteiger partial charge in [-0.3, -0.25) is 19.9 Å². The summed E-state index contributed by atoms with van der Waals surface area (Å²) < 4.78 is 1.72. The second-order valence-electron chi connectivity index (χ2n) is 6.47. The summed E-state index contributed by atoms with van der Waals surface area (Å²) in [5.74, 6) is 0.585. The molecule has 0 aliphatic heterocycles. The van der Waals surface area contributed by atoms with Crippen LogP contribution in [0.4, 0.5) is 0 Å². The van der Waals surface area contributed by atoms with Crippen LogP contribution < -0.4 is 5.43 Å². The number of hydrogen-bond acceptors (Lipinski definition) is 6. The van der Waals surface area contributed by atoms with Crippen molar-refractivity contribution in [1.82, 2.24) is 24.6 Å². The summed E-state index contributed by atoms with van der Waals surface area (Å²) in [4.78, 5) is 29.9. The highest BCUT2D eigenvalue weighted by molar-refractivity contribution is 7.12. The Morgan fingerprint density at radius 1 is 1.22 bits per heavy atom. The molecule has 0 aliphatic rings. The van der Waals surface area contributed by atoms with Crippen LogP contribution in [-0.4, -0.2) is 30.5 Å². The molecule has 0 aromatic carbocycles. The van der Waals surface area contributed by atoms with Gasteiger partial charge in [0, 0.05) is 35.6 Å². The van der Waals surface area contributed by atoms with Gasteiger partial charge in [-0.2, -0.15) is 0 Å². The van der Waals surface area contributed by atoms with Crippen molar-refractivity contribution in [2.24, 2.45) is 0 Å². The van der Waals surface area contributed by atoms with E-state index in [0.29, 0.717) is 23.0 Å². The molecular weight excluding hydrogens is 360 g/mol. The van der Waals surface area contributed by atoms with E-state index in [1.54, 1.807) is 36.4 Å². The topological polar surface area (TPSA) is 85.6 Å². The van der Waals surface area contributed by atoms with E-state index in [1.807, 2.05) is 17.6 Å². The van der Waals surface area contributed by atoms with Gasteiger partial charge in [0.05, 0.1) is 23.0 Å². The van der Waals surface area contributed by atoms with E-state index < -0.39 is 0 Å². The molecule has 0 radical (unpaired) electrons. The summed E-state index contributed by atoms with van der Waals surface area (Å²) in [6, 6.07) is 1.96. The summed E-state index contributed by atoms with van der Waals surface area (Å²) in [5, 5.41) is 3.67. The van der Waals surface area contributed by atoms with E-state index in [4.69, 9.17) is 0 Å². The maximum absolute atomic E-state index is 12.8. The standard InChI is InChI=1S/C19H18N6OS/c1-11(2)15-10-25(16-9-20-5-4-13(15)16)24-18(26)14-8-22-17(23-12(14)3)19-21-6-7-27-19/h4-11H,1-3H3,(H,24,26). The molecule has 8 heteroatoms. The molecule has 4 aromatic heterocycles. The third kappa shape index (κ3) is 3.19. The number of amides is 1. The lowest BCUT2D eigenvalue weighted by Gasteiger charge is -2.09. The van der Waals surface area contributed by atoms with Crippen LogP contribution in [0, 0.1) is 6.92 Å². The summed E-state index contributed by atoms with van der Waals surface area (Å²) in [6.07, 6.45) is 8.69. The van der Waals surface area contributed by atoms with E-state index in [1.165, 1.54) is 11.3 Å². The first-order chi connectivity index (χ1) is 13.0. The van der Waals surface area contributed by atoms with Gasteiger partial charge in [-0.25, -0.2) is 15.0 Å². The second-order valence-corrected chi connectivity index (χ2v) is 7.37. The van der Waals surface area contributed by atoms with Crippen LogP contribution in [0.1, 0.15) is 41.4 Å². The van der Waals surface area contributed by atoms with Crippen LogP contribution in [0.3, 0.4) is 0 Å². The van der Waals surface area contributed by atoms with Gasteiger partial charge in [-0.05, 0) is 24.5 Å². The fraction of sp³-hybridized carbons (Fsp3) is 0.211. The minimum atomic E-state index is -0.269. The number of pyridine rings is 1. The summed E-state index contributed by atoms with van der Waals surface area (Å²) >= 11 is 1.46. The molecule has 4 heterocycles. The fourth-order valence-electron chi connectivity index (χ4n) is 2.95. The van der Waals surface area contributed by atoms with Gasteiger partial charge in [0.25, 0.3) is 5.91 Å². The molecule has 0 fully saturated rings. The lowest BCUT2D eigenvalue weighted by atomic mass is 10.0. The van der Waals surface area contributed by atoms with Crippen molar-refractivity contribution < 1.29 is 4.79 Å². The number of nitrogens with one attached hydrogen (secondary N) is 1. The molecule has 0 saturated carbocycles. The van der Waals surface area contributed by atoms with Crippen LogP contribution in [0.2, 0.25) is 0 Å². The van der Waals surface area contributed by atoms with Gasteiger partial charge < -0.3 is 0 Å². The summed E-state index contributed by atoms with van der Waals surface area (Å²) in [6.45, 7) is 6.04. The highest BCUT2D eigenvalue weighted by atomic mass is 32.1. The van der Waals surface area contributed by atoms with E-state index in [0.717, 1.165) is 21.5 Å². The van der Waals surface area contributed by atoms with E-state index in [2.05, 4.69) is 39.2 Å². The molecule has 0 atom stereocenters. The minimum absolute atomic E-state index is 0.269. The molecule has 7 nitrogen and oxygen atoms in total. The van der Waals surface area contributed by atoms with Crippen molar-refractivity contribution in [1.29, 1.82) is 0 Å². The Balaban J connectivity index is 1.66. The number of hydrogen-bond donors (Lipinski definition) is 1. The zero-order valence-corrected chi connectivity index (χ0v) is 16.0. The number of thiazole rings is 1. The van der Waals surface area contributed by atoms with Crippen molar-refractivity contribution in [2.45, 2.75) is 26.7 Å². The number of nitrogens with zero attached hydrogens (tertiary/aromatic N) is 5. The van der Waals surface area contributed by atoms with Gasteiger partial charge in [0.15, 0.2) is 10.8 Å². The van der Waals surface area contributed by atoms with Crippen LogP contribution in [-0.2, 0) is 0 Å². The number of carbonyl (C=O) groups is 1. The first-order valence-electron chi connectivity index (χ1n) is 8.54. The molecule has 136 valence electrons. The van der Waals surface area contributed by atoms with Crippen molar-refractivity contribution in [3.8, 4) is 10.8 Å². The van der Waals surface area contributed by atoms with Gasteiger partial charge >= 0.3 is 0 Å². The third-order valence-corrected chi connectivity index (χ3v) is 5.10. The Kier molecular flexibility index (Phi) is 4.41. The number of fused-ring (bicyclic) bond motifs is 1. The molecule has 0 spiro atoms. The first-order valence-corrected chi connectivity index (χ1v) is 9.42. The van der Waals surface area contributed by atoms with Gasteiger partial charge in [-0.1, -0.05) is 13.8 Å². The molecule has 0 aliphatic carbocycles. The Labute approximate surface area is 160 Å². The third-order valence-electron chi connectivity index (χ3n) is 4.33. The maximum atomic E-state index is 12.8. The maximum Gasteiger partial charge on any atom is 0.273 e. The predicted molar refractivity (Wildman–Crippen MR) is 105 cm³/mol. The lowest BCUT2D eigenvalue weighted by Crippen LogP contribution is -2.23. The van der Waals surface area contributed by atoms with Crippen molar-refractivity contribution in [2.75, 3.05) is 5.43 Å². The largest absolute Gasteiger partial charge is 0.273 e. The quantitative estimate of drug-likeness (QED) is 0.584. The molecule has 4 rings (SSSR count). The molecule has 0 saturated heterocycles. The molecule has 0 unspecified atom stereocenters. The van der Waals surface area contributed by atoms with E-state index >= 15 is 0 Å². The molecule has 1 amide bonds. The Bertz CT molecular complexity index is 1120. The zero-order chi connectivity index (χ0) is 19.0. The molecular formula is C19H18N6OS. The number of aryl methyl sites for hydroxylation is 1. The van der Waals surface area contributed by atoms with Crippen molar-refractivity contribution >= 4 is 28.1 Å². The van der Waals surface area contributed by atoms with E-state index in [9.17, 15) is 4.79 Å². The van der Waals surface area contributed by atoms with Gasteiger partial charge in [0.2, 0.25) is 0 Å². The zero-order valence-electron chi connectivity index (χ0n) is 15.2. The number of rotatable bonds is 4. The SMILES string of the molecule is Cc1nc(-c2nccs2)ncc1C(=O)Nn1cc(C(C)C)c2ccncc21. The first kappa shape index (κ1) is 17.3. The van der Waals surface area contributed by atoms with Crippen LogP contribution in [0.5, 0.6) is 0 Å². The summed E-state index contributed by atoms with van der Waals surface area (Å²) in [5.41, 5.74) is 5.95. The van der Waals surface area contributed by atoms with Gasteiger partial charge in [-0.15, -0.1) is 11.3 Å². The highest BCUT2D eigenvalue weighted by Crippen LogP contribution is 2.26. The van der Waals surface area contributed by atoms with Crippen LogP contribution in [0.15, 0.2) is 42.4 Å². The van der Waals surface area contributed by atoms with Gasteiger partial charge in [0.1, 0.15) is 0 Å². The highest BCUT2D eigenvalue weighted by Gasteiger charge is 2.17.